The van der Waals surface area contributed by atoms with Crippen LogP contribution in [-0.4, -0.2) is 0 Å². The third-order valence-corrected chi connectivity index (χ3v) is 3.68. The Labute approximate surface area is 172 Å². The Balaban J connectivity index is 0. The Hall–Kier alpha value is -0.357. The van der Waals surface area contributed by atoms with Crippen LogP contribution in [0.2, 0.25) is 0 Å². The van der Waals surface area contributed by atoms with Gasteiger partial charge in [0.05, 0.1) is 0 Å². The summed E-state index contributed by atoms with van der Waals surface area (Å²) in [5.74, 6) is 1.34. The number of hydrogen-bond acceptors (Lipinski definition) is 0. The molecule has 0 aromatic heterocycles. The van der Waals surface area contributed by atoms with Crippen LogP contribution in [0.4, 0.5) is 0 Å². The van der Waals surface area contributed by atoms with Crippen molar-refractivity contribution in [1.29, 1.82) is 0 Å². The largest absolute Gasteiger partial charge is 4.00 e. The Kier molecular flexibility index (Phi) is 13.1. The maximum atomic E-state index is 2.25. The number of fused-ring (bicyclic) bond motifs is 1. The summed E-state index contributed by atoms with van der Waals surface area (Å²) in [6.07, 6.45) is 0. The van der Waals surface area contributed by atoms with E-state index in [1.54, 1.807) is 0 Å². The van der Waals surface area contributed by atoms with Gasteiger partial charge in [0.15, 0.2) is 0 Å². The zero-order valence-corrected chi connectivity index (χ0v) is 18.2. The van der Waals surface area contributed by atoms with Gasteiger partial charge in [0.2, 0.25) is 0 Å². The Morgan fingerprint density at radius 3 is 1.78 bits per heavy atom. The summed E-state index contributed by atoms with van der Waals surface area (Å²) in [5.41, 5.74) is 3.03. The summed E-state index contributed by atoms with van der Waals surface area (Å²) < 4.78 is 0. The molecule has 0 aliphatic carbocycles. The summed E-state index contributed by atoms with van der Waals surface area (Å²) in [7, 11) is 0. The minimum Gasteiger partial charge on any atom is -1.00 e. The maximum absolute atomic E-state index is 2.25. The molecule has 0 fully saturated rings. The topological polar surface area (TPSA) is 0 Å². The van der Waals surface area contributed by atoms with Crippen molar-refractivity contribution in [1.82, 2.24) is 0 Å². The van der Waals surface area contributed by atoms with E-state index in [4.69, 9.17) is 0 Å². The van der Waals surface area contributed by atoms with Gasteiger partial charge < -0.3 is 24.8 Å². The first-order valence-electron chi connectivity index (χ1n) is 7.45. The van der Waals surface area contributed by atoms with Gasteiger partial charge in [-0.05, 0) is 0 Å². The molecule has 23 heavy (non-hydrogen) atoms. The van der Waals surface area contributed by atoms with Crippen molar-refractivity contribution in [3.05, 3.63) is 71.8 Å². The van der Waals surface area contributed by atoms with Gasteiger partial charge in [-0.15, -0.1) is 29.7 Å². The molecule has 3 aromatic carbocycles. The molecule has 0 amide bonds. The molecule has 0 aliphatic heterocycles. The second-order valence-electron chi connectivity index (χ2n) is 5.90. The van der Waals surface area contributed by atoms with E-state index in [2.05, 4.69) is 88.4 Å². The molecule has 0 heterocycles. The van der Waals surface area contributed by atoms with Crippen molar-refractivity contribution in [2.75, 3.05) is 0 Å². The minimum atomic E-state index is 0. The SMILES string of the molecule is CC(C)c1c[cH-]cc1C(C)C.[Cl-].[Cl-].[Zr+4].c1ccc2[cH-]ccc2c1. The molecule has 122 valence electrons. The summed E-state index contributed by atoms with van der Waals surface area (Å²) >= 11 is 0. The van der Waals surface area contributed by atoms with Crippen LogP contribution in [0.5, 0.6) is 0 Å². The van der Waals surface area contributed by atoms with E-state index in [-0.39, 0.29) is 51.0 Å². The van der Waals surface area contributed by atoms with Gasteiger partial charge in [0.25, 0.3) is 0 Å². The van der Waals surface area contributed by atoms with Gasteiger partial charge in [-0.25, -0.2) is 0 Å². The molecule has 0 spiro atoms. The molecule has 0 saturated heterocycles. The maximum Gasteiger partial charge on any atom is 4.00 e. The Bertz CT molecular complexity index is 598. The van der Waals surface area contributed by atoms with Crippen molar-refractivity contribution < 1.29 is 51.0 Å². The van der Waals surface area contributed by atoms with Crippen LogP contribution in [0.25, 0.3) is 10.8 Å². The van der Waals surface area contributed by atoms with E-state index in [0.717, 1.165) is 0 Å². The van der Waals surface area contributed by atoms with E-state index in [1.807, 2.05) is 0 Å². The van der Waals surface area contributed by atoms with Gasteiger partial charge in [-0.3, -0.25) is 0 Å². The third kappa shape index (κ3) is 6.96. The summed E-state index contributed by atoms with van der Waals surface area (Å²) in [6, 6.07) is 21.3. The predicted molar refractivity (Wildman–Crippen MR) is 89.8 cm³/mol. The van der Waals surface area contributed by atoms with Gasteiger partial charge in [0.1, 0.15) is 0 Å². The van der Waals surface area contributed by atoms with Crippen LogP contribution >= 0.6 is 0 Å². The first-order valence-corrected chi connectivity index (χ1v) is 7.45. The number of benzene rings is 1. The average Bonchev–Trinajstić information content (AvgIpc) is 3.08. The second-order valence-corrected chi connectivity index (χ2v) is 5.90. The van der Waals surface area contributed by atoms with E-state index in [1.165, 1.54) is 21.9 Å². The fourth-order valence-electron chi connectivity index (χ4n) is 2.57. The molecule has 3 aromatic rings. The van der Waals surface area contributed by atoms with E-state index < -0.39 is 0 Å². The van der Waals surface area contributed by atoms with Gasteiger partial charge in [0, 0.05) is 0 Å². The number of halogens is 2. The van der Waals surface area contributed by atoms with Crippen LogP contribution in [0, 0.1) is 0 Å². The molecule has 0 N–H and O–H groups in total. The second kappa shape index (κ2) is 12.1. The monoisotopic (exact) mass is 424 g/mol. The number of rotatable bonds is 2. The van der Waals surface area contributed by atoms with Gasteiger partial charge >= 0.3 is 26.2 Å². The van der Waals surface area contributed by atoms with E-state index >= 15 is 0 Å². The summed E-state index contributed by atoms with van der Waals surface area (Å²) in [4.78, 5) is 0. The first kappa shape index (κ1) is 24.9. The molecule has 0 bridgehead atoms. The zero-order chi connectivity index (χ0) is 14.5. The van der Waals surface area contributed by atoms with Crippen LogP contribution in [0.15, 0.2) is 60.7 Å². The molecule has 0 atom stereocenters. The third-order valence-electron chi connectivity index (χ3n) is 3.68. The van der Waals surface area contributed by atoms with Gasteiger partial charge in [-0.1, -0.05) is 45.6 Å². The average molecular weight is 427 g/mol. The minimum absolute atomic E-state index is 0. The van der Waals surface area contributed by atoms with Crippen LogP contribution in [0.3, 0.4) is 0 Å². The van der Waals surface area contributed by atoms with Crippen molar-refractivity contribution in [2.45, 2.75) is 39.5 Å². The van der Waals surface area contributed by atoms with Gasteiger partial charge in [-0.2, -0.15) is 46.8 Å². The Morgan fingerprint density at radius 1 is 0.783 bits per heavy atom. The fourth-order valence-corrected chi connectivity index (χ4v) is 2.57. The summed E-state index contributed by atoms with van der Waals surface area (Å²) in [5, 5.41) is 2.66. The smallest absolute Gasteiger partial charge is 1.00 e. The van der Waals surface area contributed by atoms with Crippen molar-refractivity contribution in [2.24, 2.45) is 0 Å². The first-order chi connectivity index (χ1) is 9.59. The molecule has 0 radical (unpaired) electrons. The number of hydrogen-bond donors (Lipinski definition) is 0. The zero-order valence-electron chi connectivity index (χ0n) is 14.2. The molecule has 3 heteroatoms. The standard InChI is InChI=1S/C11H17.C9H7.2ClH.Zr/c1-8(2)10-6-5-7-11(10)9(3)4;1-2-5-9-7-3-6-8(9)4-1;;;/h5-9H,1-4H3;1-7H;2*1H;/q2*-1;;;+4/p-2. The van der Waals surface area contributed by atoms with Crippen LogP contribution in [-0.2, 0) is 26.2 Å². The molecule has 0 aliphatic rings. The Morgan fingerprint density at radius 2 is 1.30 bits per heavy atom. The summed E-state index contributed by atoms with van der Waals surface area (Å²) in [6.45, 7) is 9.00. The molecule has 0 saturated carbocycles. The fraction of sp³-hybridized carbons (Fsp3) is 0.300. The molecule has 3 rings (SSSR count). The van der Waals surface area contributed by atoms with Crippen molar-refractivity contribution in [3.63, 3.8) is 0 Å². The normalized spacial score (nSPS) is 9.48. The van der Waals surface area contributed by atoms with Crippen LogP contribution < -0.4 is 24.8 Å². The van der Waals surface area contributed by atoms with Crippen molar-refractivity contribution in [3.8, 4) is 0 Å². The van der Waals surface area contributed by atoms with Crippen molar-refractivity contribution >= 4 is 10.8 Å². The van der Waals surface area contributed by atoms with Crippen LogP contribution in [0.1, 0.15) is 50.7 Å². The quantitative estimate of drug-likeness (QED) is 0.515. The molecule has 0 unspecified atom stereocenters. The van der Waals surface area contributed by atoms with E-state index in [0.29, 0.717) is 11.8 Å². The molecule has 0 nitrogen and oxygen atoms in total. The van der Waals surface area contributed by atoms with E-state index in [9.17, 15) is 0 Å². The molecular formula is C20H24Cl2Zr. The predicted octanol–water partition coefficient (Wildman–Crippen LogP) is 0.217. The molecular weight excluding hydrogens is 402 g/mol.